The van der Waals surface area contributed by atoms with Gasteiger partial charge in [0.15, 0.2) is 0 Å². The van der Waals surface area contributed by atoms with Gasteiger partial charge in [-0.2, -0.15) is 0 Å². The van der Waals surface area contributed by atoms with Crippen molar-refractivity contribution < 1.29 is 7.84 Å². The minimum absolute atomic E-state index is 0.455. The maximum absolute atomic E-state index is 11.0. The summed E-state index contributed by atoms with van der Waals surface area (Å²) in [5.41, 5.74) is 9.95. The molecule has 1 radical (unpaired) electrons. The van der Waals surface area contributed by atoms with E-state index in [-0.39, 0.29) is 0 Å². The predicted molar refractivity (Wildman–Crippen MR) is 79.2 cm³/mol. The third-order valence-electron chi connectivity index (χ3n) is 3.14. The van der Waals surface area contributed by atoms with Crippen LogP contribution in [0.1, 0.15) is 11.1 Å². The molecular formula is C14H15AsN3O2. The van der Waals surface area contributed by atoms with E-state index in [1.165, 1.54) is 0 Å². The van der Waals surface area contributed by atoms with Crippen molar-refractivity contribution in [1.29, 1.82) is 0 Å². The van der Waals surface area contributed by atoms with Crippen LogP contribution in [0.3, 0.4) is 0 Å². The number of nitrogens with zero attached hydrogens (tertiary/aromatic N) is 2. The molecule has 0 spiro atoms. The Hall–Kier alpha value is -1.84. The first-order valence-electron chi connectivity index (χ1n) is 6.02. The molecule has 0 saturated heterocycles. The van der Waals surface area contributed by atoms with Gasteiger partial charge in [-0.25, -0.2) is 0 Å². The second-order valence-electron chi connectivity index (χ2n) is 4.41. The van der Waals surface area contributed by atoms with Crippen LogP contribution in [0.5, 0.6) is 0 Å². The van der Waals surface area contributed by atoms with Gasteiger partial charge in [0, 0.05) is 0 Å². The normalized spacial score (nSPS) is 11.8. The molecule has 0 bridgehead atoms. The predicted octanol–water partition coefficient (Wildman–Crippen LogP) is 2.42. The van der Waals surface area contributed by atoms with Crippen molar-refractivity contribution in [3.63, 3.8) is 0 Å². The summed E-state index contributed by atoms with van der Waals surface area (Å²) in [7, 11) is 0. The molecule has 0 aliphatic rings. The molecule has 20 heavy (non-hydrogen) atoms. The van der Waals surface area contributed by atoms with Gasteiger partial charge in [-0.05, 0) is 0 Å². The van der Waals surface area contributed by atoms with Crippen LogP contribution in [0.4, 0.5) is 17.1 Å². The number of hydrogen-bond acceptors (Lipinski definition) is 4. The van der Waals surface area contributed by atoms with E-state index in [0.29, 0.717) is 10.0 Å². The third kappa shape index (κ3) is 3.18. The molecule has 0 aliphatic heterocycles. The SMILES string of the molecule is Cc1c(N)ccc(N=Nc2ccc([As](=O)O)cc2)c1C. The summed E-state index contributed by atoms with van der Waals surface area (Å²) in [6.45, 7) is 3.89. The van der Waals surface area contributed by atoms with Crippen LogP contribution >= 0.6 is 0 Å². The van der Waals surface area contributed by atoms with Gasteiger partial charge in [0.25, 0.3) is 0 Å². The van der Waals surface area contributed by atoms with Gasteiger partial charge in [-0.15, -0.1) is 0 Å². The fourth-order valence-corrected chi connectivity index (χ4v) is 2.54. The summed E-state index contributed by atoms with van der Waals surface area (Å²) in [5, 5.41) is 8.32. The van der Waals surface area contributed by atoms with Crippen molar-refractivity contribution in [3.8, 4) is 0 Å². The fraction of sp³-hybridized carbons (Fsp3) is 0.143. The number of nitrogens with two attached hydrogens (primary N) is 1. The maximum atomic E-state index is 11.0. The van der Waals surface area contributed by atoms with E-state index in [1.807, 2.05) is 19.9 Å². The summed E-state index contributed by atoms with van der Waals surface area (Å²) >= 11 is -3.05. The molecule has 5 nitrogen and oxygen atoms in total. The molecule has 0 saturated carbocycles. The molecular weight excluding hydrogens is 317 g/mol. The number of rotatable bonds is 3. The molecule has 2 aromatic carbocycles. The fourth-order valence-electron chi connectivity index (χ4n) is 1.69. The van der Waals surface area contributed by atoms with Gasteiger partial charge in [-0.1, -0.05) is 0 Å². The molecule has 0 heterocycles. The zero-order valence-electron chi connectivity index (χ0n) is 11.2. The average Bonchev–Trinajstić information content (AvgIpc) is 2.44. The van der Waals surface area contributed by atoms with Gasteiger partial charge in [0.05, 0.1) is 0 Å². The van der Waals surface area contributed by atoms with E-state index in [4.69, 9.17) is 9.83 Å². The van der Waals surface area contributed by atoms with Crippen molar-refractivity contribution in [2.45, 2.75) is 13.8 Å². The number of anilines is 1. The first-order valence-corrected chi connectivity index (χ1v) is 8.57. The third-order valence-corrected chi connectivity index (χ3v) is 4.70. The first-order chi connectivity index (χ1) is 9.49. The quantitative estimate of drug-likeness (QED) is 0.514. The Morgan fingerprint density at radius 1 is 1.00 bits per heavy atom. The van der Waals surface area contributed by atoms with Crippen molar-refractivity contribution >= 4 is 36.3 Å². The molecule has 1 atom stereocenters. The molecule has 0 amide bonds. The van der Waals surface area contributed by atoms with Crippen LogP contribution in [0, 0.1) is 13.8 Å². The zero-order valence-corrected chi connectivity index (χ0v) is 13.1. The standard InChI is InChI=1S/C14H15AsN3O2/c1-9-10(2)14(8-7-13(9)16)18-17-12-5-3-11(4-6-12)15(19)20/h3-8H,16H2,1-2H3,(H,19,20). The molecule has 0 aliphatic carbocycles. The van der Waals surface area contributed by atoms with E-state index < -0.39 is 14.9 Å². The van der Waals surface area contributed by atoms with E-state index in [1.54, 1.807) is 30.3 Å². The van der Waals surface area contributed by atoms with E-state index >= 15 is 0 Å². The summed E-state index contributed by atoms with van der Waals surface area (Å²) in [6.07, 6.45) is 0. The minimum atomic E-state index is -3.05. The molecule has 103 valence electrons. The summed E-state index contributed by atoms with van der Waals surface area (Å²) in [4.78, 5) is 0. The first kappa shape index (κ1) is 14.6. The zero-order chi connectivity index (χ0) is 14.7. The number of hydrogen-bond donors (Lipinski definition) is 2. The van der Waals surface area contributed by atoms with Gasteiger partial charge in [0.2, 0.25) is 0 Å². The van der Waals surface area contributed by atoms with Gasteiger partial charge in [0.1, 0.15) is 0 Å². The van der Waals surface area contributed by atoms with Crippen molar-refractivity contribution in [3.05, 3.63) is 47.5 Å². The van der Waals surface area contributed by atoms with Crippen LogP contribution in [-0.4, -0.2) is 19.0 Å². The monoisotopic (exact) mass is 332 g/mol. The molecule has 2 rings (SSSR count). The number of benzene rings is 2. The van der Waals surface area contributed by atoms with Crippen molar-refractivity contribution in [1.82, 2.24) is 0 Å². The average molecular weight is 332 g/mol. The molecule has 0 aromatic heterocycles. The molecule has 3 N–H and O–H groups in total. The van der Waals surface area contributed by atoms with Crippen molar-refractivity contribution in [2.75, 3.05) is 5.73 Å². The van der Waals surface area contributed by atoms with E-state index in [9.17, 15) is 3.74 Å². The van der Waals surface area contributed by atoms with Gasteiger partial charge >= 0.3 is 122 Å². The van der Waals surface area contributed by atoms with Crippen LogP contribution in [0.15, 0.2) is 46.6 Å². The summed E-state index contributed by atoms with van der Waals surface area (Å²) in [6, 6.07) is 10.2. The van der Waals surface area contributed by atoms with Crippen molar-refractivity contribution in [2.24, 2.45) is 10.2 Å². The van der Waals surface area contributed by atoms with Gasteiger partial charge < -0.3 is 0 Å². The van der Waals surface area contributed by atoms with Gasteiger partial charge in [-0.3, -0.25) is 0 Å². The molecule has 0 fully saturated rings. The molecule has 2 aromatic rings. The summed E-state index contributed by atoms with van der Waals surface area (Å²) < 4.78 is 20.5. The Morgan fingerprint density at radius 2 is 1.65 bits per heavy atom. The number of nitrogen functional groups attached to an aromatic ring is 1. The van der Waals surface area contributed by atoms with E-state index in [2.05, 4.69) is 10.2 Å². The van der Waals surface area contributed by atoms with Crippen LogP contribution < -0.4 is 10.1 Å². The topological polar surface area (TPSA) is 88.0 Å². The summed E-state index contributed by atoms with van der Waals surface area (Å²) in [5.74, 6) is 0. The van der Waals surface area contributed by atoms with Crippen LogP contribution in [0.2, 0.25) is 0 Å². The van der Waals surface area contributed by atoms with Crippen LogP contribution in [-0.2, 0) is 3.74 Å². The Bertz CT molecular complexity index is 682. The molecule has 6 heteroatoms. The number of azo groups is 1. The Balaban J connectivity index is 2.25. The Morgan fingerprint density at radius 3 is 2.25 bits per heavy atom. The Labute approximate surface area is 122 Å². The second kappa shape index (κ2) is 6.07. The second-order valence-corrected chi connectivity index (χ2v) is 6.64. The van der Waals surface area contributed by atoms with E-state index in [0.717, 1.165) is 22.5 Å². The molecule has 1 unspecified atom stereocenters. The Kier molecular flexibility index (Phi) is 4.42. The van der Waals surface area contributed by atoms with Crippen LogP contribution in [0.25, 0.3) is 0 Å².